The molecule has 0 saturated carbocycles. The van der Waals surface area contributed by atoms with E-state index in [4.69, 9.17) is 4.42 Å². The summed E-state index contributed by atoms with van der Waals surface area (Å²) in [5, 5.41) is 14.6. The Balaban J connectivity index is 1.51. The number of pyridine rings is 1. The van der Waals surface area contributed by atoms with Crippen LogP contribution in [0.3, 0.4) is 0 Å². The Morgan fingerprint density at radius 1 is 0.871 bits per heavy atom. The van der Waals surface area contributed by atoms with E-state index >= 15 is 0 Å². The summed E-state index contributed by atoms with van der Waals surface area (Å²) < 4.78 is 7.33. The molecule has 3 heterocycles. The van der Waals surface area contributed by atoms with Crippen molar-refractivity contribution in [2.45, 2.75) is 17.5 Å². The number of fused-ring (bicyclic) bond motifs is 1. The highest BCUT2D eigenvalue weighted by Gasteiger charge is 2.18. The lowest BCUT2D eigenvalue weighted by Gasteiger charge is -2.09. The molecule has 5 rings (SSSR count). The van der Waals surface area contributed by atoms with E-state index in [1.165, 1.54) is 16.4 Å². The first-order chi connectivity index (χ1) is 15.3. The fraction of sp³-hybridized carbons (Fsp3) is 0.0870. The van der Waals surface area contributed by atoms with Crippen molar-refractivity contribution in [3.63, 3.8) is 0 Å². The Bertz CT molecular complexity index is 1380. The van der Waals surface area contributed by atoms with E-state index in [2.05, 4.69) is 20.3 Å². The predicted octanol–water partition coefficient (Wildman–Crippen LogP) is 4.18. The highest BCUT2D eigenvalue weighted by Crippen LogP contribution is 2.28. The molecular weight excluding hydrogens is 410 g/mol. The van der Waals surface area contributed by atoms with Crippen LogP contribution in [-0.4, -0.2) is 25.0 Å². The normalized spacial score (nSPS) is 11.1. The van der Waals surface area contributed by atoms with E-state index in [9.17, 15) is 4.79 Å². The number of nitrogens with zero attached hydrogens (tertiary/aromatic N) is 5. The largest absolute Gasteiger partial charge is 0.409 e. The maximum atomic E-state index is 13.0. The van der Waals surface area contributed by atoms with Gasteiger partial charge in [0.2, 0.25) is 0 Å². The fourth-order valence-electron chi connectivity index (χ4n) is 3.25. The van der Waals surface area contributed by atoms with Crippen molar-refractivity contribution in [1.29, 1.82) is 0 Å². The maximum absolute atomic E-state index is 13.0. The lowest BCUT2D eigenvalue weighted by molar-refractivity contribution is 0.462. The van der Waals surface area contributed by atoms with Gasteiger partial charge in [0, 0.05) is 23.5 Å². The number of hydrogen-bond donors (Lipinski definition) is 0. The van der Waals surface area contributed by atoms with Gasteiger partial charge in [0.25, 0.3) is 16.7 Å². The third-order valence-electron chi connectivity index (χ3n) is 4.74. The quantitative estimate of drug-likeness (QED) is 0.376. The van der Waals surface area contributed by atoms with E-state index in [1.807, 2.05) is 60.7 Å². The molecule has 0 atom stereocenters. The molecular formula is C23H17N5O2S. The van der Waals surface area contributed by atoms with Gasteiger partial charge in [-0.1, -0.05) is 66.4 Å². The molecule has 0 fully saturated rings. The second-order valence-corrected chi connectivity index (χ2v) is 7.79. The lowest BCUT2D eigenvalue weighted by atomic mass is 10.1. The molecule has 31 heavy (non-hydrogen) atoms. The summed E-state index contributed by atoms with van der Waals surface area (Å²) in [4.78, 5) is 17.1. The molecule has 0 aliphatic rings. The number of hydrogen-bond acceptors (Lipinski definition) is 7. The molecule has 7 nitrogen and oxygen atoms in total. The Kier molecular flexibility index (Phi) is 5.28. The Labute approximate surface area is 181 Å². The molecule has 8 heteroatoms. The molecule has 0 bridgehead atoms. The van der Waals surface area contributed by atoms with Crippen LogP contribution in [0.25, 0.3) is 22.4 Å². The van der Waals surface area contributed by atoms with Crippen LogP contribution in [0.2, 0.25) is 0 Å². The third-order valence-corrected chi connectivity index (χ3v) is 5.63. The Morgan fingerprint density at radius 2 is 1.65 bits per heavy atom. The van der Waals surface area contributed by atoms with Crippen molar-refractivity contribution in [3.8, 4) is 11.6 Å². The van der Waals surface area contributed by atoms with Gasteiger partial charge in [0.05, 0.1) is 11.9 Å². The van der Waals surface area contributed by atoms with Gasteiger partial charge in [-0.15, -0.1) is 10.2 Å². The van der Waals surface area contributed by atoms with Crippen molar-refractivity contribution in [2.24, 2.45) is 0 Å². The van der Waals surface area contributed by atoms with Crippen LogP contribution in [0.15, 0.2) is 93.6 Å². The minimum absolute atomic E-state index is 0.158. The molecule has 0 aliphatic heterocycles. The number of aromatic nitrogens is 5. The van der Waals surface area contributed by atoms with Crippen LogP contribution in [0, 0.1) is 0 Å². The van der Waals surface area contributed by atoms with Crippen LogP contribution in [-0.2, 0) is 12.3 Å². The smallest absolute Gasteiger partial charge is 0.277 e. The van der Waals surface area contributed by atoms with Gasteiger partial charge in [0.1, 0.15) is 0 Å². The Morgan fingerprint density at radius 3 is 2.45 bits per heavy atom. The van der Waals surface area contributed by atoms with Crippen molar-refractivity contribution < 1.29 is 4.42 Å². The second kappa shape index (κ2) is 8.53. The molecule has 0 amide bonds. The summed E-state index contributed by atoms with van der Waals surface area (Å²) in [5.41, 5.74) is 2.38. The predicted molar refractivity (Wildman–Crippen MR) is 119 cm³/mol. The van der Waals surface area contributed by atoms with Crippen molar-refractivity contribution in [3.05, 3.63) is 101 Å². The minimum Gasteiger partial charge on any atom is -0.409 e. The molecule has 5 aromatic rings. The molecule has 152 valence electrons. The molecule has 0 aliphatic carbocycles. The van der Waals surface area contributed by atoms with E-state index in [0.717, 1.165) is 11.1 Å². The van der Waals surface area contributed by atoms with Crippen LogP contribution in [0.4, 0.5) is 0 Å². The standard InChI is InChI=1S/C23H17N5O2S/c29-22-19-11-5-4-10-18(19)20(27-28(22)14-16-7-2-1-3-8-16)21-25-26-23(30-21)31-15-17-9-6-12-24-13-17/h1-13H,14-15H2. The summed E-state index contributed by atoms with van der Waals surface area (Å²) in [7, 11) is 0. The summed E-state index contributed by atoms with van der Waals surface area (Å²) in [6, 6.07) is 21.0. The maximum Gasteiger partial charge on any atom is 0.277 e. The SMILES string of the molecule is O=c1c2ccccc2c(-c2nnc(SCc3cccnc3)o2)nn1Cc1ccccc1. The molecule has 0 N–H and O–H groups in total. The fourth-order valence-corrected chi connectivity index (χ4v) is 3.95. The number of benzene rings is 2. The van der Waals surface area contributed by atoms with E-state index in [-0.39, 0.29) is 11.4 Å². The van der Waals surface area contributed by atoms with Crippen LogP contribution < -0.4 is 5.56 Å². The second-order valence-electron chi connectivity index (χ2n) is 6.87. The van der Waals surface area contributed by atoms with E-state index in [0.29, 0.717) is 34.0 Å². The molecule has 2 aromatic carbocycles. The molecule has 3 aromatic heterocycles. The van der Waals surface area contributed by atoms with E-state index in [1.54, 1.807) is 18.5 Å². The summed E-state index contributed by atoms with van der Waals surface area (Å²) >= 11 is 1.43. The number of thioether (sulfide) groups is 1. The van der Waals surface area contributed by atoms with Gasteiger partial charge >= 0.3 is 0 Å². The monoisotopic (exact) mass is 427 g/mol. The minimum atomic E-state index is -0.158. The Hall–Kier alpha value is -3.78. The van der Waals surface area contributed by atoms with Gasteiger partial charge in [-0.2, -0.15) is 5.10 Å². The first kappa shape index (κ1) is 19.2. The summed E-state index contributed by atoms with van der Waals surface area (Å²) in [5.74, 6) is 0.948. The zero-order valence-corrected chi connectivity index (χ0v) is 17.2. The molecule has 0 saturated heterocycles. The molecule has 0 radical (unpaired) electrons. The average molecular weight is 427 g/mol. The summed E-state index contributed by atoms with van der Waals surface area (Å²) in [6.45, 7) is 0.355. The van der Waals surface area contributed by atoms with Crippen molar-refractivity contribution >= 4 is 22.5 Å². The van der Waals surface area contributed by atoms with Crippen LogP contribution in [0.5, 0.6) is 0 Å². The lowest BCUT2D eigenvalue weighted by Crippen LogP contribution is -2.24. The van der Waals surface area contributed by atoms with Gasteiger partial charge in [-0.3, -0.25) is 9.78 Å². The van der Waals surface area contributed by atoms with E-state index < -0.39 is 0 Å². The highest BCUT2D eigenvalue weighted by molar-refractivity contribution is 7.98. The highest BCUT2D eigenvalue weighted by atomic mass is 32.2. The zero-order chi connectivity index (χ0) is 21.0. The van der Waals surface area contributed by atoms with Gasteiger partial charge in [-0.05, 0) is 23.3 Å². The van der Waals surface area contributed by atoms with Crippen molar-refractivity contribution in [1.82, 2.24) is 25.0 Å². The molecule has 0 spiro atoms. The first-order valence-electron chi connectivity index (χ1n) is 9.67. The first-order valence-corrected chi connectivity index (χ1v) is 10.7. The van der Waals surface area contributed by atoms with Crippen LogP contribution >= 0.6 is 11.8 Å². The van der Waals surface area contributed by atoms with Gasteiger partial charge < -0.3 is 4.42 Å². The van der Waals surface area contributed by atoms with Gasteiger partial charge in [-0.25, -0.2) is 4.68 Å². The summed E-state index contributed by atoms with van der Waals surface area (Å²) in [6.07, 6.45) is 3.54. The van der Waals surface area contributed by atoms with Crippen LogP contribution in [0.1, 0.15) is 11.1 Å². The van der Waals surface area contributed by atoms with Crippen molar-refractivity contribution in [2.75, 3.05) is 0 Å². The zero-order valence-electron chi connectivity index (χ0n) is 16.4. The third kappa shape index (κ3) is 4.10. The topological polar surface area (TPSA) is 86.7 Å². The number of rotatable bonds is 6. The van der Waals surface area contributed by atoms with Gasteiger partial charge in [0.15, 0.2) is 5.69 Å². The molecule has 0 unspecified atom stereocenters. The average Bonchev–Trinajstić information content (AvgIpc) is 3.30.